The molecule has 0 heterocycles. The Morgan fingerprint density at radius 2 is 1.75 bits per heavy atom. The van der Waals surface area contributed by atoms with E-state index < -0.39 is 33.9 Å². The van der Waals surface area contributed by atoms with E-state index in [-0.39, 0.29) is 12.0 Å². The van der Waals surface area contributed by atoms with Gasteiger partial charge in [0, 0.05) is 16.9 Å². The molecule has 0 spiro atoms. The normalized spacial score (nSPS) is 14.0. The highest BCUT2D eigenvalue weighted by atomic mass is 32.2. The first-order valence-corrected chi connectivity index (χ1v) is 10.3. The third-order valence-electron chi connectivity index (χ3n) is 4.61. The molecule has 0 amide bonds. The molecule has 0 aliphatic heterocycles. The molecule has 2 rings (SSSR count). The van der Waals surface area contributed by atoms with Crippen LogP contribution < -0.4 is 4.72 Å². The summed E-state index contributed by atoms with van der Waals surface area (Å²) in [6, 6.07) is 8.49. The number of carboxylic acids is 1. The van der Waals surface area contributed by atoms with Crippen LogP contribution in [-0.4, -0.2) is 20.4 Å². The minimum Gasteiger partial charge on any atom is -0.598 e. The molecule has 2 aromatic rings. The predicted molar refractivity (Wildman–Crippen MR) is 112 cm³/mol. The van der Waals surface area contributed by atoms with Gasteiger partial charge in [-0.3, -0.25) is 4.79 Å². The maximum absolute atomic E-state index is 15.0. The van der Waals surface area contributed by atoms with Gasteiger partial charge in [0.25, 0.3) is 0 Å². The molecule has 28 heavy (non-hydrogen) atoms. The Hall–Kier alpha value is -1.89. The highest BCUT2D eigenvalue weighted by Crippen LogP contribution is 2.34. The van der Waals surface area contributed by atoms with Crippen molar-refractivity contribution in [2.45, 2.75) is 58.8 Å². The van der Waals surface area contributed by atoms with Gasteiger partial charge in [0.2, 0.25) is 0 Å². The van der Waals surface area contributed by atoms with Gasteiger partial charge in [0.05, 0.1) is 12.5 Å². The fraction of sp³-hybridized carbons (Fsp3) is 0.409. The molecule has 0 aliphatic carbocycles. The first-order chi connectivity index (χ1) is 12.9. The summed E-state index contributed by atoms with van der Waals surface area (Å²) in [5, 5.41) is 9.33. The Bertz CT molecular complexity index is 857. The highest BCUT2D eigenvalue weighted by molar-refractivity contribution is 7.90. The second kappa shape index (κ2) is 8.64. The average Bonchev–Trinajstić information content (AvgIpc) is 2.55. The number of hydrogen-bond donors (Lipinski definition) is 2. The zero-order chi connectivity index (χ0) is 21.2. The van der Waals surface area contributed by atoms with Crippen LogP contribution in [0.2, 0.25) is 0 Å². The van der Waals surface area contributed by atoms with E-state index in [0.29, 0.717) is 5.56 Å². The van der Waals surface area contributed by atoms with E-state index in [1.165, 1.54) is 0 Å². The zero-order valence-electron chi connectivity index (χ0n) is 17.2. The van der Waals surface area contributed by atoms with Crippen molar-refractivity contribution in [3.8, 4) is 11.1 Å². The molecule has 0 radical (unpaired) electrons. The van der Waals surface area contributed by atoms with Crippen molar-refractivity contribution in [1.29, 1.82) is 0 Å². The molecule has 0 saturated heterocycles. The molecule has 4 nitrogen and oxygen atoms in total. The predicted octanol–water partition coefficient (Wildman–Crippen LogP) is 4.99. The Morgan fingerprint density at radius 3 is 2.25 bits per heavy atom. The average molecular weight is 406 g/mol. The van der Waals surface area contributed by atoms with E-state index in [1.807, 2.05) is 32.0 Å². The second-order valence-corrected chi connectivity index (χ2v) is 10.1. The summed E-state index contributed by atoms with van der Waals surface area (Å²) in [5.41, 5.74) is 4.57. The fourth-order valence-corrected chi connectivity index (χ4v) is 3.98. The Labute approximate surface area is 169 Å². The van der Waals surface area contributed by atoms with Gasteiger partial charge in [-0.15, -0.1) is 4.72 Å². The van der Waals surface area contributed by atoms with Crippen molar-refractivity contribution in [2.24, 2.45) is 0 Å². The van der Waals surface area contributed by atoms with E-state index in [2.05, 4.69) is 4.72 Å². The minimum absolute atomic E-state index is 0.220. The molecular weight excluding hydrogens is 377 g/mol. The van der Waals surface area contributed by atoms with Crippen molar-refractivity contribution in [3.05, 3.63) is 58.4 Å². The summed E-state index contributed by atoms with van der Waals surface area (Å²) in [6.45, 7) is 11.0. The molecule has 2 aromatic carbocycles. The number of hydrogen-bond acceptors (Lipinski definition) is 3. The van der Waals surface area contributed by atoms with Crippen LogP contribution in [0.4, 0.5) is 4.39 Å². The smallest absolute Gasteiger partial charge is 0.305 e. The lowest BCUT2D eigenvalue weighted by molar-refractivity contribution is -0.137. The number of halogens is 1. The maximum atomic E-state index is 15.0. The summed E-state index contributed by atoms with van der Waals surface area (Å²) in [7, 11) is 0. The molecule has 2 N–H and O–H groups in total. The van der Waals surface area contributed by atoms with Crippen LogP contribution in [0, 0.1) is 26.6 Å². The Morgan fingerprint density at radius 1 is 1.18 bits per heavy atom. The van der Waals surface area contributed by atoms with Crippen molar-refractivity contribution in [1.82, 2.24) is 4.72 Å². The Balaban J connectivity index is 2.60. The van der Waals surface area contributed by atoms with Crippen LogP contribution in [0.25, 0.3) is 11.1 Å². The summed E-state index contributed by atoms with van der Waals surface area (Å²) in [5.74, 6) is -1.56. The summed E-state index contributed by atoms with van der Waals surface area (Å²) in [4.78, 5) is 11.4. The van der Waals surface area contributed by atoms with Gasteiger partial charge in [0.1, 0.15) is 10.6 Å². The summed E-state index contributed by atoms with van der Waals surface area (Å²) < 4.78 is 29.8. The van der Waals surface area contributed by atoms with Crippen LogP contribution in [0.5, 0.6) is 0 Å². The first-order valence-electron chi connectivity index (χ1n) is 9.18. The molecule has 6 heteroatoms. The largest absolute Gasteiger partial charge is 0.598 e. The molecule has 0 saturated carbocycles. The molecule has 0 unspecified atom stereocenters. The molecule has 2 atom stereocenters. The minimum atomic E-state index is -1.54. The van der Waals surface area contributed by atoms with Crippen LogP contribution in [0.1, 0.15) is 55.5 Å². The van der Waals surface area contributed by atoms with Crippen molar-refractivity contribution in [2.75, 3.05) is 0 Å². The SMILES string of the molecule is Cc1cc(-c2c(C)cccc2C)cc([C@H](CC(=O)O)N[S@+]([O-])C(C)(C)C)c1F. The van der Waals surface area contributed by atoms with Gasteiger partial charge in [-0.1, -0.05) is 18.2 Å². The van der Waals surface area contributed by atoms with Crippen molar-refractivity contribution in [3.63, 3.8) is 0 Å². The van der Waals surface area contributed by atoms with Crippen molar-refractivity contribution < 1.29 is 18.8 Å². The van der Waals surface area contributed by atoms with E-state index in [0.717, 1.165) is 22.3 Å². The van der Waals surface area contributed by atoms with Crippen molar-refractivity contribution >= 4 is 17.3 Å². The third-order valence-corrected chi connectivity index (χ3v) is 6.22. The van der Waals surface area contributed by atoms with E-state index in [1.54, 1.807) is 39.8 Å². The van der Waals surface area contributed by atoms with Crippen LogP contribution in [0.15, 0.2) is 30.3 Å². The summed E-state index contributed by atoms with van der Waals surface area (Å²) in [6.07, 6.45) is -0.367. The number of aryl methyl sites for hydroxylation is 3. The topological polar surface area (TPSA) is 72.4 Å². The number of nitrogens with one attached hydrogen (secondary N) is 1. The fourth-order valence-electron chi connectivity index (χ4n) is 3.16. The third kappa shape index (κ3) is 5.13. The molecule has 0 aliphatic rings. The van der Waals surface area contributed by atoms with E-state index in [4.69, 9.17) is 0 Å². The maximum Gasteiger partial charge on any atom is 0.305 e. The van der Waals surface area contributed by atoms with Crippen LogP contribution in [-0.2, 0) is 16.2 Å². The summed E-state index contributed by atoms with van der Waals surface area (Å²) >= 11 is -1.54. The van der Waals surface area contributed by atoms with E-state index in [9.17, 15) is 14.5 Å². The van der Waals surface area contributed by atoms with Gasteiger partial charge in [-0.25, -0.2) is 4.39 Å². The number of carbonyl (C=O) groups is 1. The number of aliphatic carboxylic acids is 1. The molecule has 0 fully saturated rings. The van der Waals surface area contributed by atoms with Crippen LogP contribution >= 0.6 is 0 Å². The monoisotopic (exact) mass is 405 g/mol. The quantitative estimate of drug-likeness (QED) is 0.665. The second-order valence-electron chi connectivity index (χ2n) is 8.11. The molecule has 0 aromatic heterocycles. The highest BCUT2D eigenvalue weighted by Gasteiger charge is 2.32. The lowest BCUT2D eigenvalue weighted by Gasteiger charge is -2.28. The zero-order valence-corrected chi connectivity index (χ0v) is 18.0. The van der Waals surface area contributed by atoms with E-state index >= 15 is 4.39 Å². The molecule has 0 bridgehead atoms. The van der Waals surface area contributed by atoms with Gasteiger partial charge >= 0.3 is 5.97 Å². The van der Waals surface area contributed by atoms with Gasteiger partial charge in [-0.2, -0.15) is 0 Å². The number of carboxylic acid groups (broad SMARTS) is 1. The lowest BCUT2D eigenvalue weighted by Crippen LogP contribution is -2.42. The van der Waals surface area contributed by atoms with Crippen LogP contribution in [0.3, 0.4) is 0 Å². The van der Waals surface area contributed by atoms with Gasteiger partial charge in [-0.05, 0) is 81.5 Å². The standard InChI is InChI=1S/C22H28FNO3S/c1-13-8-7-9-14(2)20(13)16-10-15(3)21(23)17(11-16)18(12-19(25)26)24-28(27)22(4,5)6/h7-11,18,24H,12H2,1-6H3,(H,25,26)/t18-,28+/m0/s1. The Kier molecular flexibility index (Phi) is 6.91. The lowest BCUT2D eigenvalue weighted by atomic mass is 9.91. The first kappa shape index (κ1) is 22.4. The number of benzene rings is 2. The van der Waals surface area contributed by atoms with Gasteiger partial charge in [0.15, 0.2) is 0 Å². The number of rotatable bonds is 6. The molecular formula is C22H28FNO3S. The van der Waals surface area contributed by atoms with Gasteiger partial charge < -0.3 is 9.66 Å². The molecule has 152 valence electrons.